The number of thiophene rings is 1. The number of fused-ring (bicyclic) bond motifs is 2. The van der Waals surface area contributed by atoms with Gasteiger partial charge in [-0.2, -0.15) is 0 Å². The van der Waals surface area contributed by atoms with Crippen molar-refractivity contribution in [3.63, 3.8) is 0 Å². The molecule has 6 heteroatoms. The third-order valence-electron chi connectivity index (χ3n) is 3.82. The number of carbonyl (C=O) groups excluding carboxylic acids is 1. The van der Waals surface area contributed by atoms with Gasteiger partial charge in [0.25, 0.3) is 0 Å². The van der Waals surface area contributed by atoms with Crippen LogP contribution in [-0.4, -0.2) is 21.7 Å². The smallest absolute Gasteiger partial charge is 0.316 e. The van der Waals surface area contributed by atoms with Gasteiger partial charge in [-0.3, -0.25) is 4.79 Å². The van der Waals surface area contributed by atoms with Crippen molar-refractivity contribution in [1.29, 1.82) is 0 Å². The van der Waals surface area contributed by atoms with Gasteiger partial charge in [-0.05, 0) is 27.8 Å². The van der Waals surface area contributed by atoms with Crippen LogP contribution in [0.1, 0.15) is 5.56 Å². The largest absolute Gasteiger partial charge is 0.460 e. The van der Waals surface area contributed by atoms with Crippen molar-refractivity contribution in [3.05, 3.63) is 65.8 Å². The molecule has 0 radical (unpaired) electrons. The van der Waals surface area contributed by atoms with E-state index in [2.05, 4.69) is 22.1 Å². The summed E-state index contributed by atoms with van der Waals surface area (Å²) in [5.41, 5.74) is 1.01. The Morgan fingerprint density at radius 1 is 1.04 bits per heavy atom. The van der Waals surface area contributed by atoms with Crippen LogP contribution in [-0.2, 0) is 16.1 Å². The molecular weight excluding hydrogens is 352 g/mol. The van der Waals surface area contributed by atoms with Gasteiger partial charge in [-0.25, -0.2) is 9.97 Å². The summed E-state index contributed by atoms with van der Waals surface area (Å²) in [4.78, 5) is 21.5. The maximum Gasteiger partial charge on any atom is 0.316 e. The fourth-order valence-corrected chi connectivity index (χ4v) is 4.20. The number of esters is 1. The standard InChI is InChI=1S/C19H14N2O2S2/c22-17(11-25-19-16-8-9-24-18(16)20-12-21-19)23-10-14-6-3-5-13-4-1-2-7-15(13)14/h1-9,12H,10-11H2. The second kappa shape index (κ2) is 7.21. The van der Waals surface area contributed by atoms with Crippen molar-refractivity contribution in [2.45, 2.75) is 11.6 Å². The Morgan fingerprint density at radius 3 is 2.88 bits per heavy atom. The van der Waals surface area contributed by atoms with E-state index >= 15 is 0 Å². The molecular formula is C19H14N2O2S2. The van der Waals surface area contributed by atoms with Crippen molar-refractivity contribution in [2.75, 3.05) is 5.75 Å². The van der Waals surface area contributed by atoms with Gasteiger partial charge >= 0.3 is 5.97 Å². The third-order valence-corrected chi connectivity index (χ3v) is 5.62. The quantitative estimate of drug-likeness (QED) is 0.292. The van der Waals surface area contributed by atoms with Crippen LogP contribution >= 0.6 is 23.1 Å². The van der Waals surface area contributed by atoms with Gasteiger partial charge in [0.05, 0.1) is 5.75 Å². The molecule has 0 amide bonds. The van der Waals surface area contributed by atoms with Crippen molar-refractivity contribution in [1.82, 2.24) is 9.97 Å². The van der Waals surface area contributed by atoms with Gasteiger partial charge in [-0.1, -0.05) is 54.2 Å². The zero-order valence-corrected chi connectivity index (χ0v) is 14.8. The summed E-state index contributed by atoms with van der Waals surface area (Å²) < 4.78 is 5.45. The van der Waals surface area contributed by atoms with Crippen molar-refractivity contribution in [2.24, 2.45) is 0 Å². The van der Waals surface area contributed by atoms with Crippen molar-refractivity contribution < 1.29 is 9.53 Å². The molecule has 0 atom stereocenters. The number of rotatable bonds is 5. The minimum absolute atomic E-state index is 0.229. The molecule has 124 valence electrons. The average molecular weight is 366 g/mol. The third kappa shape index (κ3) is 3.50. The molecule has 0 saturated heterocycles. The predicted molar refractivity (Wildman–Crippen MR) is 102 cm³/mol. The molecule has 4 rings (SSSR count). The lowest BCUT2D eigenvalue weighted by atomic mass is 10.1. The van der Waals surface area contributed by atoms with E-state index in [9.17, 15) is 4.79 Å². The van der Waals surface area contributed by atoms with Crippen LogP contribution in [0.4, 0.5) is 0 Å². The highest BCUT2D eigenvalue weighted by Crippen LogP contribution is 2.27. The topological polar surface area (TPSA) is 52.1 Å². The number of thioether (sulfide) groups is 1. The summed E-state index contributed by atoms with van der Waals surface area (Å²) >= 11 is 2.95. The number of hydrogen-bond acceptors (Lipinski definition) is 6. The molecule has 0 bridgehead atoms. The monoisotopic (exact) mass is 366 g/mol. The second-order valence-electron chi connectivity index (χ2n) is 5.41. The summed E-state index contributed by atoms with van der Waals surface area (Å²) in [5, 5.41) is 6.03. The molecule has 4 nitrogen and oxygen atoms in total. The molecule has 0 fully saturated rings. The summed E-state index contributed by atoms with van der Waals surface area (Å²) in [7, 11) is 0. The number of carbonyl (C=O) groups is 1. The van der Waals surface area contributed by atoms with Gasteiger partial charge in [0, 0.05) is 5.39 Å². The average Bonchev–Trinajstić information content (AvgIpc) is 3.14. The van der Waals surface area contributed by atoms with Crippen LogP contribution in [0, 0.1) is 0 Å². The number of benzene rings is 2. The van der Waals surface area contributed by atoms with E-state index in [0.29, 0.717) is 0 Å². The molecule has 0 saturated carbocycles. The van der Waals surface area contributed by atoms with E-state index in [1.165, 1.54) is 18.1 Å². The highest BCUT2D eigenvalue weighted by Gasteiger charge is 2.10. The van der Waals surface area contributed by atoms with Crippen LogP contribution < -0.4 is 0 Å². The lowest BCUT2D eigenvalue weighted by molar-refractivity contribution is -0.141. The van der Waals surface area contributed by atoms with E-state index in [1.807, 2.05) is 41.8 Å². The Bertz CT molecular complexity index is 1040. The molecule has 2 aromatic heterocycles. The number of ether oxygens (including phenoxy) is 1. The van der Waals surface area contributed by atoms with Gasteiger partial charge < -0.3 is 4.74 Å². The van der Waals surface area contributed by atoms with Gasteiger partial charge in [0.15, 0.2) is 0 Å². The SMILES string of the molecule is O=C(CSc1ncnc2sccc12)OCc1cccc2ccccc12. The van der Waals surface area contributed by atoms with Gasteiger partial charge in [0.2, 0.25) is 0 Å². The molecule has 0 spiro atoms. The summed E-state index contributed by atoms with van der Waals surface area (Å²) in [6.45, 7) is 0.276. The number of nitrogens with zero attached hydrogens (tertiary/aromatic N) is 2. The van der Waals surface area contributed by atoms with Gasteiger partial charge in [-0.15, -0.1) is 11.3 Å². The fraction of sp³-hybridized carbons (Fsp3) is 0.105. The maximum absolute atomic E-state index is 12.1. The van der Waals surface area contributed by atoms with Crippen LogP contribution in [0.25, 0.3) is 21.0 Å². The van der Waals surface area contributed by atoms with Crippen LogP contribution in [0.2, 0.25) is 0 Å². The van der Waals surface area contributed by atoms with Gasteiger partial charge in [0.1, 0.15) is 22.8 Å². The molecule has 2 aromatic carbocycles. The number of hydrogen-bond donors (Lipinski definition) is 0. The Kier molecular flexibility index (Phi) is 4.63. The molecule has 0 N–H and O–H groups in total. The van der Waals surface area contributed by atoms with Crippen LogP contribution in [0.15, 0.2) is 65.3 Å². The zero-order chi connectivity index (χ0) is 17.1. The molecule has 0 aliphatic rings. The van der Waals surface area contributed by atoms with E-state index in [1.54, 1.807) is 11.3 Å². The minimum Gasteiger partial charge on any atom is -0.460 e. The highest BCUT2D eigenvalue weighted by atomic mass is 32.2. The lowest BCUT2D eigenvalue weighted by Gasteiger charge is -2.08. The first-order valence-corrected chi connectivity index (χ1v) is 9.61. The normalized spacial score (nSPS) is 11.0. The van der Waals surface area contributed by atoms with E-state index in [-0.39, 0.29) is 18.3 Å². The van der Waals surface area contributed by atoms with Crippen LogP contribution in [0.5, 0.6) is 0 Å². The maximum atomic E-state index is 12.1. The molecule has 0 unspecified atom stereocenters. The fourth-order valence-electron chi connectivity index (χ4n) is 2.63. The van der Waals surface area contributed by atoms with Crippen molar-refractivity contribution >= 4 is 50.1 Å². The first-order valence-electron chi connectivity index (χ1n) is 7.74. The molecule has 0 aliphatic heterocycles. The Balaban J connectivity index is 1.40. The Morgan fingerprint density at radius 2 is 1.92 bits per heavy atom. The predicted octanol–water partition coefficient (Wildman–Crippen LogP) is 4.68. The molecule has 2 heterocycles. The van der Waals surface area contributed by atoms with E-state index in [4.69, 9.17) is 4.74 Å². The van der Waals surface area contributed by atoms with E-state index < -0.39 is 0 Å². The number of aromatic nitrogens is 2. The summed E-state index contributed by atoms with van der Waals surface area (Å²) in [6.07, 6.45) is 1.53. The molecule has 25 heavy (non-hydrogen) atoms. The Hall–Kier alpha value is -2.44. The molecule has 0 aliphatic carbocycles. The van der Waals surface area contributed by atoms with Crippen LogP contribution in [0.3, 0.4) is 0 Å². The second-order valence-corrected chi connectivity index (χ2v) is 7.26. The summed E-state index contributed by atoms with van der Waals surface area (Å²) in [6, 6.07) is 16.1. The highest BCUT2D eigenvalue weighted by molar-refractivity contribution is 8.00. The Labute approximate surface area is 152 Å². The first-order chi connectivity index (χ1) is 12.3. The molecule has 4 aromatic rings. The lowest BCUT2D eigenvalue weighted by Crippen LogP contribution is -2.07. The minimum atomic E-state index is -0.250. The van der Waals surface area contributed by atoms with E-state index in [0.717, 1.165) is 31.6 Å². The zero-order valence-electron chi connectivity index (χ0n) is 13.2. The first kappa shape index (κ1) is 16.1. The van der Waals surface area contributed by atoms with Crippen molar-refractivity contribution in [3.8, 4) is 0 Å². The summed E-state index contributed by atoms with van der Waals surface area (Å²) in [5.74, 6) is -0.0212.